The Morgan fingerprint density at radius 1 is 1.11 bits per heavy atom. The molecular formula is C23H31N3O. The van der Waals surface area contributed by atoms with E-state index in [-0.39, 0.29) is 11.9 Å². The largest absolute Gasteiger partial charge is 0.341 e. The summed E-state index contributed by atoms with van der Waals surface area (Å²) in [5.41, 5.74) is 8.67. The molecule has 0 radical (unpaired) electrons. The molecule has 1 amide bonds. The average molecular weight is 366 g/mol. The Bertz CT molecular complexity index is 719. The van der Waals surface area contributed by atoms with Gasteiger partial charge in [-0.1, -0.05) is 60.7 Å². The maximum absolute atomic E-state index is 12.8. The van der Waals surface area contributed by atoms with Crippen LogP contribution in [0.4, 0.5) is 0 Å². The molecule has 2 N–H and O–H groups in total. The summed E-state index contributed by atoms with van der Waals surface area (Å²) in [7, 11) is 1.91. The van der Waals surface area contributed by atoms with E-state index in [1.165, 1.54) is 5.56 Å². The standard InChI is InChI=1S/C23H31N3O/c1-18-15-21(13-14-26(18)17-20-11-7-4-8-12-20)25(2)23(27)22(24)16-19-9-5-3-6-10-19/h3-12,18,21-22H,13-17,24H2,1-2H3/t18-,21-,22+/m1/s1. The van der Waals surface area contributed by atoms with Crippen LogP contribution in [0.25, 0.3) is 0 Å². The Kier molecular flexibility index (Phi) is 6.64. The maximum atomic E-state index is 12.8. The lowest BCUT2D eigenvalue weighted by Gasteiger charge is -2.41. The third-order valence-electron chi connectivity index (χ3n) is 5.73. The molecule has 2 aromatic carbocycles. The van der Waals surface area contributed by atoms with Gasteiger partial charge in [0.1, 0.15) is 0 Å². The van der Waals surface area contributed by atoms with Gasteiger partial charge in [0, 0.05) is 32.2 Å². The van der Waals surface area contributed by atoms with Crippen molar-refractivity contribution in [1.82, 2.24) is 9.80 Å². The van der Waals surface area contributed by atoms with Gasteiger partial charge in [-0.2, -0.15) is 0 Å². The molecule has 4 heteroatoms. The van der Waals surface area contributed by atoms with Gasteiger partial charge in [0.25, 0.3) is 0 Å². The fourth-order valence-corrected chi connectivity index (χ4v) is 4.00. The lowest BCUT2D eigenvalue weighted by atomic mass is 9.95. The topological polar surface area (TPSA) is 49.6 Å². The summed E-state index contributed by atoms with van der Waals surface area (Å²) in [5, 5.41) is 0. The number of likely N-dealkylation sites (N-methyl/N-ethyl adjacent to an activating group) is 1. The number of carbonyl (C=O) groups excluding carboxylic acids is 1. The number of hydrogen-bond acceptors (Lipinski definition) is 3. The summed E-state index contributed by atoms with van der Waals surface area (Å²) in [6, 6.07) is 20.8. The second kappa shape index (κ2) is 9.16. The molecule has 0 aliphatic carbocycles. The zero-order valence-corrected chi connectivity index (χ0v) is 16.4. The second-order valence-electron chi connectivity index (χ2n) is 7.73. The van der Waals surface area contributed by atoms with Crippen molar-refractivity contribution in [3.8, 4) is 0 Å². The van der Waals surface area contributed by atoms with Gasteiger partial charge in [-0.05, 0) is 37.3 Å². The van der Waals surface area contributed by atoms with E-state index in [1.54, 1.807) is 0 Å². The molecule has 3 atom stereocenters. The van der Waals surface area contributed by atoms with Gasteiger partial charge in [0.15, 0.2) is 0 Å². The van der Waals surface area contributed by atoms with Crippen LogP contribution >= 0.6 is 0 Å². The number of nitrogens with two attached hydrogens (primary N) is 1. The van der Waals surface area contributed by atoms with Crippen LogP contribution in [-0.4, -0.2) is 47.4 Å². The molecule has 0 unspecified atom stereocenters. The van der Waals surface area contributed by atoms with Gasteiger partial charge < -0.3 is 10.6 Å². The predicted molar refractivity (Wildman–Crippen MR) is 110 cm³/mol. The Morgan fingerprint density at radius 3 is 2.30 bits per heavy atom. The number of likely N-dealkylation sites (tertiary alicyclic amines) is 1. The number of carbonyl (C=O) groups is 1. The van der Waals surface area contributed by atoms with E-state index in [4.69, 9.17) is 5.73 Å². The summed E-state index contributed by atoms with van der Waals surface area (Å²) < 4.78 is 0. The van der Waals surface area contributed by atoms with Gasteiger partial charge >= 0.3 is 0 Å². The fraction of sp³-hybridized carbons (Fsp3) is 0.435. The van der Waals surface area contributed by atoms with Crippen LogP contribution in [0.15, 0.2) is 60.7 Å². The van der Waals surface area contributed by atoms with Gasteiger partial charge in [0.05, 0.1) is 6.04 Å². The van der Waals surface area contributed by atoms with Crippen molar-refractivity contribution < 1.29 is 4.79 Å². The number of amides is 1. The number of hydrogen-bond donors (Lipinski definition) is 1. The minimum absolute atomic E-state index is 0.0487. The van der Waals surface area contributed by atoms with Crippen molar-refractivity contribution >= 4 is 5.91 Å². The molecule has 1 heterocycles. The van der Waals surface area contributed by atoms with Gasteiger partial charge in [0.2, 0.25) is 5.91 Å². The quantitative estimate of drug-likeness (QED) is 0.856. The van der Waals surface area contributed by atoms with Gasteiger partial charge in [-0.25, -0.2) is 0 Å². The fourth-order valence-electron chi connectivity index (χ4n) is 4.00. The molecule has 0 spiro atoms. The molecule has 4 nitrogen and oxygen atoms in total. The summed E-state index contributed by atoms with van der Waals surface area (Å²) >= 11 is 0. The minimum atomic E-state index is -0.477. The van der Waals surface area contributed by atoms with Gasteiger partial charge in [-0.15, -0.1) is 0 Å². The minimum Gasteiger partial charge on any atom is -0.341 e. The zero-order valence-electron chi connectivity index (χ0n) is 16.4. The first-order valence-corrected chi connectivity index (χ1v) is 9.88. The van der Waals surface area contributed by atoms with Gasteiger partial charge in [-0.3, -0.25) is 9.69 Å². The highest BCUT2D eigenvalue weighted by Crippen LogP contribution is 2.23. The van der Waals surface area contributed by atoms with Crippen LogP contribution < -0.4 is 5.73 Å². The average Bonchev–Trinajstić information content (AvgIpc) is 2.70. The molecular weight excluding hydrogens is 334 g/mol. The van der Waals surface area contributed by atoms with Crippen molar-refractivity contribution in [2.75, 3.05) is 13.6 Å². The number of piperidine rings is 1. The molecule has 27 heavy (non-hydrogen) atoms. The number of benzene rings is 2. The smallest absolute Gasteiger partial charge is 0.239 e. The third-order valence-corrected chi connectivity index (χ3v) is 5.73. The number of rotatable bonds is 6. The molecule has 1 fully saturated rings. The molecule has 0 aromatic heterocycles. The highest BCUT2D eigenvalue weighted by Gasteiger charge is 2.31. The predicted octanol–water partition coefficient (Wildman–Crippen LogP) is 3.07. The first kappa shape index (κ1) is 19.6. The highest BCUT2D eigenvalue weighted by atomic mass is 16.2. The maximum Gasteiger partial charge on any atom is 0.239 e. The molecule has 0 saturated carbocycles. The van der Waals surface area contributed by atoms with Crippen LogP contribution in [0.2, 0.25) is 0 Å². The van der Waals surface area contributed by atoms with E-state index in [0.717, 1.165) is 31.5 Å². The van der Waals surface area contributed by atoms with Crippen molar-refractivity contribution in [3.05, 3.63) is 71.8 Å². The van der Waals surface area contributed by atoms with E-state index in [0.29, 0.717) is 12.5 Å². The van der Waals surface area contributed by atoms with Crippen molar-refractivity contribution in [3.63, 3.8) is 0 Å². The monoisotopic (exact) mass is 365 g/mol. The normalized spacial score (nSPS) is 21.6. The lowest BCUT2D eigenvalue weighted by molar-refractivity contribution is -0.134. The molecule has 2 aromatic rings. The van der Waals surface area contributed by atoms with Crippen LogP contribution in [-0.2, 0) is 17.8 Å². The third kappa shape index (κ3) is 5.18. The molecule has 1 saturated heterocycles. The first-order valence-electron chi connectivity index (χ1n) is 9.88. The molecule has 0 bridgehead atoms. The Hall–Kier alpha value is -2.17. The van der Waals surface area contributed by atoms with E-state index < -0.39 is 6.04 Å². The van der Waals surface area contributed by atoms with E-state index in [1.807, 2.05) is 42.3 Å². The Morgan fingerprint density at radius 2 is 1.70 bits per heavy atom. The van der Waals surface area contributed by atoms with Crippen molar-refractivity contribution in [2.45, 2.75) is 50.9 Å². The first-order chi connectivity index (χ1) is 13.0. The summed E-state index contributed by atoms with van der Waals surface area (Å²) in [5.74, 6) is 0.0487. The van der Waals surface area contributed by atoms with Crippen LogP contribution in [0.3, 0.4) is 0 Å². The molecule has 1 aliphatic heterocycles. The highest BCUT2D eigenvalue weighted by molar-refractivity contribution is 5.82. The van der Waals surface area contributed by atoms with Crippen molar-refractivity contribution in [1.29, 1.82) is 0 Å². The van der Waals surface area contributed by atoms with Crippen molar-refractivity contribution in [2.24, 2.45) is 5.73 Å². The van der Waals surface area contributed by atoms with E-state index >= 15 is 0 Å². The summed E-state index contributed by atoms with van der Waals surface area (Å²) in [4.78, 5) is 17.2. The molecule has 1 aliphatic rings. The van der Waals surface area contributed by atoms with Crippen LogP contribution in [0.1, 0.15) is 30.9 Å². The number of nitrogens with zero attached hydrogens (tertiary/aromatic N) is 2. The summed E-state index contributed by atoms with van der Waals surface area (Å²) in [6.45, 7) is 4.24. The summed E-state index contributed by atoms with van der Waals surface area (Å²) in [6.07, 6.45) is 2.58. The molecule has 3 rings (SSSR count). The van der Waals surface area contributed by atoms with Crippen LogP contribution in [0.5, 0.6) is 0 Å². The zero-order chi connectivity index (χ0) is 19.2. The Balaban J connectivity index is 1.53. The SMILES string of the molecule is C[C@@H]1C[C@H](N(C)C(=O)[C@@H](N)Cc2ccccc2)CCN1Cc1ccccc1. The second-order valence-corrected chi connectivity index (χ2v) is 7.73. The molecule has 144 valence electrons. The Labute approximate surface area is 163 Å². The van der Waals surface area contributed by atoms with Crippen LogP contribution in [0, 0.1) is 0 Å². The van der Waals surface area contributed by atoms with E-state index in [9.17, 15) is 4.79 Å². The lowest BCUT2D eigenvalue weighted by Crippen LogP contribution is -2.53. The van der Waals surface area contributed by atoms with E-state index in [2.05, 4.69) is 42.2 Å².